The van der Waals surface area contributed by atoms with Gasteiger partial charge in [-0.25, -0.2) is 0 Å². The fraction of sp³-hybridized carbons (Fsp3) is 0.500. The van der Waals surface area contributed by atoms with E-state index in [0.29, 0.717) is 18.0 Å². The van der Waals surface area contributed by atoms with E-state index in [0.717, 1.165) is 6.54 Å². The summed E-state index contributed by atoms with van der Waals surface area (Å²) in [6, 6.07) is 3.00. The van der Waals surface area contributed by atoms with Crippen LogP contribution in [-0.4, -0.2) is 33.4 Å². The van der Waals surface area contributed by atoms with Gasteiger partial charge >= 0.3 is 0 Å². The fourth-order valence-electron chi connectivity index (χ4n) is 1.91. The lowest BCUT2D eigenvalue weighted by Gasteiger charge is -2.11. The maximum Gasteiger partial charge on any atom is 0.200 e. The van der Waals surface area contributed by atoms with E-state index < -0.39 is 5.75 Å². The molecule has 0 spiro atoms. The Morgan fingerprint density at radius 2 is 2.06 bits per heavy atom. The van der Waals surface area contributed by atoms with Crippen LogP contribution in [0.15, 0.2) is 12.1 Å². The highest BCUT2D eigenvalue weighted by Crippen LogP contribution is 2.36. The van der Waals surface area contributed by atoms with Gasteiger partial charge in [-0.3, -0.25) is 0 Å². The Morgan fingerprint density at radius 1 is 1.24 bits per heavy atom. The molecule has 17 heavy (non-hydrogen) atoms. The number of aromatic hydroxyl groups is 3. The molecule has 1 atom stereocenters. The zero-order valence-corrected chi connectivity index (χ0v) is 10.3. The third-order valence-corrected chi connectivity index (χ3v) is 4.22. The van der Waals surface area contributed by atoms with Crippen molar-refractivity contribution in [1.29, 1.82) is 0 Å². The Balaban J connectivity index is 1.88. The number of hydrogen-bond acceptors (Lipinski definition) is 5. The van der Waals surface area contributed by atoms with E-state index >= 15 is 0 Å². The normalized spacial score (nSPS) is 19.6. The van der Waals surface area contributed by atoms with Crippen molar-refractivity contribution in [2.75, 3.05) is 18.1 Å². The molecule has 4 nitrogen and oxygen atoms in total. The van der Waals surface area contributed by atoms with Crippen LogP contribution >= 0.6 is 11.8 Å². The maximum absolute atomic E-state index is 9.62. The van der Waals surface area contributed by atoms with E-state index in [9.17, 15) is 15.3 Å². The van der Waals surface area contributed by atoms with Gasteiger partial charge in [0.25, 0.3) is 0 Å². The van der Waals surface area contributed by atoms with Gasteiger partial charge in [-0.2, -0.15) is 11.8 Å². The molecule has 94 valence electrons. The van der Waals surface area contributed by atoms with E-state index in [1.807, 2.05) is 11.8 Å². The molecule has 0 amide bonds. The molecule has 1 aliphatic heterocycles. The molecule has 1 unspecified atom stereocenters. The number of hydrogen-bond donors (Lipinski definition) is 4. The Morgan fingerprint density at radius 3 is 2.76 bits per heavy atom. The summed E-state index contributed by atoms with van der Waals surface area (Å²) in [5, 5.41) is 31.4. The van der Waals surface area contributed by atoms with Crippen molar-refractivity contribution in [3.05, 3.63) is 17.7 Å². The van der Waals surface area contributed by atoms with Crippen LogP contribution in [0.2, 0.25) is 0 Å². The van der Waals surface area contributed by atoms with Crippen LogP contribution in [0.1, 0.15) is 12.0 Å². The summed E-state index contributed by atoms with van der Waals surface area (Å²) >= 11 is 1.97. The largest absolute Gasteiger partial charge is 0.504 e. The van der Waals surface area contributed by atoms with Crippen molar-refractivity contribution in [1.82, 2.24) is 5.32 Å². The molecule has 0 aliphatic carbocycles. The average molecular weight is 255 g/mol. The Kier molecular flexibility index (Phi) is 4.02. The molecule has 5 heteroatoms. The van der Waals surface area contributed by atoms with Crippen LogP contribution in [0.4, 0.5) is 0 Å². The zero-order valence-electron chi connectivity index (χ0n) is 9.52. The molecule has 0 aromatic heterocycles. The molecule has 1 fully saturated rings. The fourth-order valence-corrected chi connectivity index (χ4v) is 3.19. The van der Waals surface area contributed by atoms with Crippen LogP contribution in [0.5, 0.6) is 17.2 Å². The van der Waals surface area contributed by atoms with E-state index in [1.165, 1.54) is 24.0 Å². The molecular weight excluding hydrogens is 238 g/mol. The molecule has 1 aliphatic rings. The van der Waals surface area contributed by atoms with Crippen LogP contribution in [0, 0.1) is 5.92 Å². The van der Waals surface area contributed by atoms with Gasteiger partial charge in [0, 0.05) is 12.1 Å². The molecule has 1 saturated heterocycles. The Bertz CT molecular complexity index is 392. The van der Waals surface area contributed by atoms with Crippen molar-refractivity contribution in [2.24, 2.45) is 5.92 Å². The lowest BCUT2D eigenvalue weighted by Crippen LogP contribution is -2.22. The smallest absolute Gasteiger partial charge is 0.200 e. The summed E-state index contributed by atoms with van der Waals surface area (Å²) in [5.74, 6) is 2.16. The van der Waals surface area contributed by atoms with Gasteiger partial charge in [0.05, 0.1) is 0 Å². The highest BCUT2D eigenvalue weighted by atomic mass is 32.2. The van der Waals surface area contributed by atoms with Gasteiger partial charge in [-0.05, 0) is 36.5 Å². The molecule has 0 saturated carbocycles. The second-order valence-corrected chi connectivity index (χ2v) is 5.45. The lowest BCUT2D eigenvalue weighted by molar-refractivity contribution is 0.363. The molecule has 1 aromatic carbocycles. The Labute approximate surface area is 105 Å². The summed E-state index contributed by atoms with van der Waals surface area (Å²) < 4.78 is 0. The number of rotatable bonds is 4. The molecule has 4 N–H and O–H groups in total. The number of phenols is 3. The number of phenolic OH excluding ortho intramolecular Hbond substituents is 3. The molecule has 2 rings (SSSR count). The third-order valence-electron chi connectivity index (χ3n) is 2.99. The van der Waals surface area contributed by atoms with Gasteiger partial charge in [0.1, 0.15) is 0 Å². The van der Waals surface area contributed by atoms with Crippen molar-refractivity contribution in [3.8, 4) is 17.2 Å². The molecular formula is C12H17NO3S. The lowest BCUT2D eigenvalue weighted by atomic mass is 10.1. The first-order valence-corrected chi connectivity index (χ1v) is 6.85. The number of nitrogens with one attached hydrogen (secondary N) is 1. The van der Waals surface area contributed by atoms with E-state index in [4.69, 9.17) is 0 Å². The number of benzene rings is 1. The van der Waals surface area contributed by atoms with Gasteiger partial charge < -0.3 is 20.6 Å². The van der Waals surface area contributed by atoms with Crippen LogP contribution < -0.4 is 5.32 Å². The monoisotopic (exact) mass is 255 g/mol. The van der Waals surface area contributed by atoms with Crippen LogP contribution in [0.25, 0.3) is 0 Å². The maximum atomic E-state index is 9.62. The highest BCUT2D eigenvalue weighted by Gasteiger charge is 2.15. The summed E-state index contributed by atoms with van der Waals surface area (Å²) in [6.07, 6.45) is 1.24. The first-order valence-electron chi connectivity index (χ1n) is 5.69. The highest BCUT2D eigenvalue weighted by molar-refractivity contribution is 7.99. The standard InChI is InChI=1S/C12H17NO3S/c14-10-2-1-9(11(15)12(10)16)6-13-5-8-3-4-17-7-8/h1-2,8,13-16H,3-7H2. The Hall–Kier alpha value is -1.07. The predicted molar refractivity (Wildman–Crippen MR) is 68.6 cm³/mol. The topological polar surface area (TPSA) is 72.7 Å². The quantitative estimate of drug-likeness (QED) is 0.616. The minimum atomic E-state index is -0.444. The van der Waals surface area contributed by atoms with Crippen LogP contribution in [0.3, 0.4) is 0 Å². The molecule has 1 heterocycles. The summed E-state index contributed by atoms with van der Waals surface area (Å²) in [6.45, 7) is 1.43. The number of thioether (sulfide) groups is 1. The van der Waals surface area contributed by atoms with Gasteiger partial charge in [0.15, 0.2) is 11.5 Å². The van der Waals surface area contributed by atoms with Crippen molar-refractivity contribution in [2.45, 2.75) is 13.0 Å². The van der Waals surface area contributed by atoms with Crippen molar-refractivity contribution >= 4 is 11.8 Å². The minimum absolute atomic E-state index is 0.238. The molecule has 0 radical (unpaired) electrons. The van der Waals surface area contributed by atoms with Gasteiger partial charge in [-0.15, -0.1) is 0 Å². The summed E-state index contributed by atoms with van der Waals surface area (Å²) in [4.78, 5) is 0. The van der Waals surface area contributed by atoms with Crippen LogP contribution in [-0.2, 0) is 6.54 Å². The first-order chi connectivity index (χ1) is 8.18. The molecule has 1 aromatic rings. The second-order valence-electron chi connectivity index (χ2n) is 4.30. The average Bonchev–Trinajstić information content (AvgIpc) is 2.82. The van der Waals surface area contributed by atoms with E-state index in [2.05, 4.69) is 5.32 Å². The van der Waals surface area contributed by atoms with Crippen molar-refractivity contribution < 1.29 is 15.3 Å². The second kappa shape index (κ2) is 5.51. The van der Waals surface area contributed by atoms with E-state index in [-0.39, 0.29) is 11.5 Å². The first kappa shape index (κ1) is 12.4. The summed E-state index contributed by atoms with van der Waals surface area (Å²) in [7, 11) is 0. The summed E-state index contributed by atoms with van der Waals surface area (Å²) in [5.41, 5.74) is 0.603. The minimum Gasteiger partial charge on any atom is -0.504 e. The van der Waals surface area contributed by atoms with Gasteiger partial charge in [0.2, 0.25) is 5.75 Å². The van der Waals surface area contributed by atoms with Gasteiger partial charge in [-0.1, -0.05) is 6.07 Å². The van der Waals surface area contributed by atoms with E-state index in [1.54, 1.807) is 6.07 Å². The third kappa shape index (κ3) is 2.98. The zero-order chi connectivity index (χ0) is 12.3. The van der Waals surface area contributed by atoms with Crippen molar-refractivity contribution in [3.63, 3.8) is 0 Å². The SMILES string of the molecule is Oc1ccc(CNCC2CCSC2)c(O)c1O. The molecule has 0 bridgehead atoms. The predicted octanol–water partition coefficient (Wildman–Crippen LogP) is 1.65.